The minimum absolute atomic E-state index is 0.0606. The van der Waals surface area contributed by atoms with E-state index in [9.17, 15) is 4.79 Å². The number of amides is 1. The molecule has 1 fully saturated rings. The van der Waals surface area contributed by atoms with E-state index in [0.29, 0.717) is 5.56 Å². The van der Waals surface area contributed by atoms with Gasteiger partial charge in [0.2, 0.25) is 0 Å². The molecule has 1 saturated heterocycles. The Balaban J connectivity index is 1.79. The summed E-state index contributed by atoms with van der Waals surface area (Å²) in [4.78, 5) is 22.6. The number of likely N-dealkylation sites (tertiary alicyclic amines) is 1. The number of likely N-dealkylation sites (N-methyl/N-ethyl adjacent to an activating group) is 2. The monoisotopic (exact) mass is 391 g/mol. The molecule has 29 heavy (non-hydrogen) atoms. The lowest BCUT2D eigenvalue weighted by Gasteiger charge is -2.25. The van der Waals surface area contributed by atoms with Gasteiger partial charge in [0, 0.05) is 43.3 Å². The fraction of sp³-hybridized carbons (Fsp3) is 0.435. The summed E-state index contributed by atoms with van der Waals surface area (Å²) in [6, 6.07) is 8.23. The zero-order valence-corrected chi connectivity index (χ0v) is 17.7. The number of rotatable bonds is 5. The number of pyridine rings is 1. The highest BCUT2D eigenvalue weighted by Crippen LogP contribution is 2.28. The van der Waals surface area contributed by atoms with E-state index in [-0.39, 0.29) is 11.9 Å². The van der Waals surface area contributed by atoms with Crippen molar-refractivity contribution in [3.05, 3.63) is 47.8 Å². The van der Waals surface area contributed by atoms with Crippen LogP contribution in [0.2, 0.25) is 0 Å². The summed E-state index contributed by atoms with van der Waals surface area (Å²) < 4.78 is 1.93. The summed E-state index contributed by atoms with van der Waals surface area (Å²) in [6.07, 6.45) is 5.89. The molecular formula is C23H29N5O. The van der Waals surface area contributed by atoms with Gasteiger partial charge in [-0.2, -0.15) is 5.10 Å². The fourth-order valence-corrected chi connectivity index (χ4v) is 4.15. The second-order valence-corrected chi connectivity index (χ2v) is 8.14. The van der Waals surface area contributed by atoms with Crippen LogP contribution in [0.25, 0.3) is 22.2 Å². The van der Waals surface area contributed by atoms with Crippen molar-refractivity contribution in [3.8, 4) is 11.3 Å². The summed E-state index contributed by atoms with van der Waals surface area (Å²) in [5.74, 6) is 0.0606. The van der Waals surface area contributed by atoms with Crippen LogP contribution in [0.1, 0.15) is 35.7 Å². The molecule has 4 rings (SSSR count). The van der Waals surface area contributed by atoms with Gasteiger partial charge in [-0.05, 0) is 45.0 Å². The van der Waals surface area contributed by atoms with E-state index in [1.807, 2.05) is 60.2 Å². The van der Waals surface area contributed by atoms with E-state index >= 15 is 0 Å². The minimum Gasteiger partial charge on any atom is -0.337 e. The molecule has 0 aliphatic carbocycles. The van der Waals surface area contributed by atoms with E-state index in [1.165, 1.54) is 0 Å². The maximum atomic E-state index is 13.5. The van der Waals surface area contributed by atoms with Crippen LogP contribution < -0.4 is 0 Å². The predicted octanol–water partition coefficient (Wildman–Crippen LogP) is 3.59. The van der Waals surface area contributed by atoms with E-state index < -0.39 is 0 Å². The number of para-hydroxylation sites is 1. The molecule has 1 aliphatic rings. The average molecular weight is 392 g/mol. The van der Waals surface area contributed by atoms with Crippen molar-refractivity contribution < 1.29 is 4.79 Å². The van der Waals surface area contributed by atoms with Crippen molar-refractivity contribution in [2.45, 2.75) is 39.3 Å². The first-order chi connectivity index (χ1) is 14.0. The second kappa shape index (κ2) is 7.95. The highest BCUT2D eigenvalue weighted by Gasteiger charge is 2.28. The van der Waals surface area contributed by atoms with E-state index in [0.717, 1.165) is 60.2 Å². The third-order valence-electron chi connectivity index (χ3n) is 5.89. The van der Waals surface area contributed by atoms with Gasteiger partial charge in [-0.3, -0.25) is 9.48 Å². The van der Waals surface area contributed by atoms with Gasteiger partial charge in [0.25, 0.3) is 5.91 Å². The van der Waals surface area contributed by atoms with Gasteiger partial charge in [0.1, 0.15) is 0 Å². The summed E-state index contributed by atoms with van der Waals surface area (Å²) in [5.41, 5.74) is 4.42. The Morgan fingerprint density at radius 3 is 2.90 bits per heavy atom. The zero-order chi connectivity index (χ0) is 20.5. The first-order valence-electron chi connectivity index (χ1n) is 10.4. The number of hydrogen-bond acceptors (Lipinski definition) is 4. The smallest absolute Gasteiger partial charge is 0.254 e. The normalized spacial score (nSPS) is 17.2. The van der Waals surface area contributed by atoms with E-state index in [1.54, 1.807) is 0 Å². The molecule has 1 aliphatic heterocycles. The average Bonchev–Trinajstić information content (AvgIpc) is 3.36. The topological polar surface area (TPSA) is 54.3 Å². The molecule has 3 aromatic rings. The van der Waals surface area contributed by atoms with Crippen LogP contribution in [0.5, 0.6) is 0 Å². The molecular weight excluding hydrogens is 362 g/mol. The van der Waals surface area contributed by atoms with Gasteiger partial charge < -0.3 is 9.80 Å². The number of fused-ring (bicyclic) bond motifs is 1. The number of carbonyl (C=O) groups excluding carboxylic acids is 1. The largest absolute Gasteiger partial charge is 0.337 e. The fourth-order valence-electron chi connectivity index (χ4n) is 4.15. The molecule has 0 unspecified atom stereocenters. The third-order valence-corrected chi connectivity index (χ3v) is 5.89. The number of aryl methyl sites for hydroxylation is 2. The van der Waals surface area contributed by atoms with Crippen LogP contribution in [0.3, 0.4) is 0 Å². The number of nitrogens with zero attached hydrogens (tertiary/aromatic N) is 5. The van der Waals surface area contributed by atoms with Gasteiger partial charge in [0.05, 0.1) is 23.0 Å². The molecule has 0 bridgehead atoms. The Kier molecular flexibility index (Phi) is 5.37. The lowest BCUT2D eigenvalue weighted by Crippen LogP contribution is -2.38. The Morgan fingerprint density at radius 1 is 1.34 bits per heavy atom. The molecule has 1 amide bonds. The molecule has 1 aromatic carbocycles. The summed E-state index contributed by atoms with van der Waals surface area (Å²) >= 11 is 0. The van der Waals surface area contributed by atoms with Gasteiger partial charge in [0.15, 0.2) is 0 Å². The van der Waals surface area contributed by atoms with Crippen LogP contribution in [0.4, 0.5) is 0 Å². The Morgan fingerprint density at radius 2 is 2.17 bits per heavy atom. The van der Waals surface area contributed by atoms with Crippen LogP contribution in [0, 0.1) is 6.92 Å². The molecule has 6 nitrogen and oxygen atoms in total. The van der Waals surface area contributed by atoms with Crippen LogP contribution in [-0.2, 0) is 6.54 Å². The van der Waals surface area contributed by atoms with E-state index in [4.69, 9.17) is 4.98 Å². The standard InChI is InChI=1S/C23H29N5O/c1-5-10-28-14-17(13-24-28)21-12-20(19-8-6-7-16(2)22(19)25-21)23(29)27(4)18-9-11-26(3)15-18/h6-8,12-14,18H,5,9-11,15H2,1-4H3/t18-/m1/s1. The molecule has 0 N–H and O–H groups in total. The molecule has 0 spiro atoms. The summed E-state index contributed by atoms with van der Waals surface area (Å²) in [5, 5.41) is 5.36. The first kappa shape index (κ1) is 19.6. The maximum absolute atomic E-state index is 13.5. The van der Waals surface area contributed by atoms with E-state index in [2.05, 4.69) is 24.0 Å². The SMILES string of the molecule is CCCn1cc(-c2cc(C(=O)N(C)[C@@H]3CCN(C)C3)c3cccc(C)c3n2)cn1. The van der Waals surface area contributed by atoms with Gasteiger partial charge >= 0.3 is 0 Å². The van der Waals surface area contributed by atoms with Crippen LogP contribution in [-0.4, -0.2) is 63.7 Å². The van der Waals surface area contributed by atoms with Crippen LogP contribution in [0.15, 0.2) is 36.7 Å². The van der Waals surface area contributed by atoms with Gasteiger partial charge in [-0.25, -0.2) is 4.98 Å². The molecule has 6 heteroatoms. The van der Waals surface area contributed by atoms with Crippen molar-refractivity contribution >= 4 is 16.8 Å². The lowest BCUT2D eigenvalue weighted by atomic mass is 10.0. The number of aromatic nitrogens is 3. The predicted molar refractivity (Wildman–Crippen MR) is 116 cm³/mol. The van der Waals surface area contributed by atoms with Crippen molar-refractivity contribution in [1.29, 1.82) is 0 Å². The Labute approximate surface area is 172 Å². The molecule has 3 heterocycles. The van der Waals surface area contributed by atoms with Gasteiger partial charge in [-0.15, -0.1) is 0 Å². The second-order valence-electron chi connectivity index (χ2n) is 8.14. The minimum atomic E-state index is 0.0606. The van der Waals surface area contributed by atoms with Crippen molar-refractivity contribution in [2.75, 3.05) is 27.2 Å². The Bertz CT molecular complexity index is 1040. The maximum Gasteiger partial charge on any atom is 0.254 e. The highest BCUT2D eigenvalue weighted by atomic mass is 16.2. The van der Waals surface area contributed by atoms with Crippen molar-refractivity contribution in [2.24, 2.45) is 0 Å². The zero-order valence-electron chi connectivity index (χ0n) is 17.7. The highest BCUT2D eigenvalue weighted by molar-refractivity contribution is 6.07. The quantitative estimate of drug-likeness (QED) is 0.667. The summed E-state index contributed by atoms with van der Waals surface area (Å²) in [6.45, 7) is 6.99. The van der Waals surface area contributed by atoms with Crippen molar-refractivity contribution in [1.82, 2.24) is 24.6 Å². The van der Waals surface area contributed by atoms with Gasteiger partial charge in [-0.1, -0.05) is 25.1 Å². The third kappa shape index (κ3) is 3.77. The number of hydrogen-bond donors (Lipinski definition) is 0. The number of carbonyl (C=O) groups is 1. The molecule has 0 radical (unpaired) electrons. The first-order valence-corrected chi connectivity index (χ1v) is 10.4. The molecule has 0 saturated carbocycles. The molecule has 2 aromatic heterocycles. The van der Waals surface area contributed by atoms with Crippen molar-refractivity contribution in [3.63, 3.8) is 0 Å². The molecule has 1 atom stereocenters. The Hall–Kier alpha value is -2.73. The summed E-state index contributed by atoms with van der Waals surface area (Å²) in [7, 11) is 4.03. The lowest BCUT2D eigenvalue weighted by molar-refractivity contribution is 0.0739. The van der Waals surface area contributed by atoms with Crippen LogP contribution >= 0.6 is 0 Å². The number of benzene rings is 1. The molecule has 152 valence electrons.